The van der Waals surface area contributed by atoms with E-state index >= 15 is 0 Å². The lowest BCUT2D eigenvalue weighted by molar-refractivity contribution is -0.123. The highest BCUT2D eigenvalue weighted by Crippen LogP contribution is 2.06. The van der Waals surface area contributed by atoms with Crippen LogP contribution in [0.3, 0.4) is 0 Å². The molecule has 1 heterocycles. The second-order valence-corrected chi connectivity index (χ2v) is 3.75. The van der Waals surface area contributed by atoms with Gasteiger partial charge in [0.1, 0.15) is 0 Å². The Morgan fingerprint density at radius 1 is 1.72 bits per heavy atom. The highest BCUT2D eigenvalue weighted by atomic mass is 16.5. The lowest BCUT2D eigenvalue weighted by Crippen LogP contribution is -2.39. The Labute approximate surface area is 104 Å². The Balaban J connectivity index is 2.41. The SMILES string of the molecule is CCCC(C(=O)NCCc1ncon1)C(N)=NO. The first-order valence-corrected chi connectivity index (χ1v) is 5.69. The number of carbonyl (C=O) groups is 1. The number of hydrogen-bond donors (Lipinski definition) is 3. The average molecular weight is 255 g/mol. The molecule has 8 heteroatoms. The summed E-state index contributed by atoms with van der Waals surface area (Å²) in [6.45, 7) is 2.29. The van der Waals surface area contributed by atoms with Crippen LogP contribution in [-0.4, -0.2) is 33.6 Å². The Morgan fingerprint density at radius 3 is 3.06 bits per heavy atom. The molecule has 0 aliphatic rings. The molecule has 0 bridgehead atoms. The zero-order valence-corrected chi connectivity index (χ0v) is 10.2. The van der Waals surface area contributed by atoms with Gasteiger partial charge in [-0.1, -0.05) is 23.7 Å². The molecule has 4 N–H and O–H groups in total. The Kier molecular flexibility index (Phi) is 5.62. The van der Waals surface area contributed by atoms with E-state index in [0.717, 1.165) is 6.42 Å². The van der Waals surface area contributed by atoms with Gasteiger partial charge in [-0.3, -0.25) is 4.79 Å². The Bertz CT molecular complexity index is 390. The van der Waals surface area contributed by atoms with Gasteiger partial charge < -0.3 is 20.8 Å². The van der Waals surface area contributed by atoms with Gasteiger partial charge in [0.2, 0.25) is 12.3 Å². The molecule has 0 aliphatic heterocycles. The fourth-order valence-electron chi connectivity index (χ4n) is 1.49. The Hall–Kier alpha value is -2.12. The molecular formula is C10H17N5O3. The maximum atomic E-state index is 11.8. The van der Waals surface area contributed by atoms with Crippen LogP contribution in [0.4, 0.5) is 0 Å². The first kappa shape index (κ1) is 13.9. The van der Waals surface area contributed by atoms with Crippen LogP contribution in [0.2, 0.25) is 0 Å². The first-order chi connectivity index (χ1) is 8.69. The predicted molar refractivity (Wildman–Crippen MR) is 62.8 cm³/mol. The van der Waals surface area contributed by atoms with Crippen LogP contribution in [0.1, 0.15) is 25.6 Å². The van der Waals surface area contributed by atoms with Gasteiger partial charge in [-0.25, -0.2) is 0 Å². The maximum Gasteiger partial charge on any atom is 0.230 e. The minimum Gasteiger partial charge on any atom is -0.409 e. The highest BCUT2D eigenvalue weighted by Gasteiger charge is 2.21. The molecule has 1 unspecified atom stereocenters. The van der Waals surface area contributed by atoms with Crippen LogP contribution >= 0.6 is 0 Å². The monoisotopic (exact) mass is 255 g/mol. The first-order valence-electron chi connectivity index (χ1n) is 5.69. The summed E-state index contributed by atoms with van der Waals surface area (Å²) in [5.41, 5.74) is 5.47. The number of amidine groups is 1. The van der Waals surface area contributed by atoms with Crippen LogP contribution in [0.5, 0.6) is 0 Å². The molecule has 1 amide bonds. The molecule has 0 spiro atoms. The average Bonchev–Trinajstić information content (AvgIpc) is 2.88. The van der Waals surface area contributed by atoms with E-state index in [2.05, 4.69) is 25.1 Å². The fraction of sp³-hybridized carbons (Fsp3) is 0.600. The standard InChI is InChI=1S/C10H17N5O3/c1-2-3-7(9(11)14-17)10(16)12-5-4-8-13-6-18-15-8/h6-7,17H,2-5H2,1H3,(H2,11,14)(H,12,16). The topological polar surface area (TPSA) is 127 Å². The Morgan fingerprint density at radius 2 is 2.50 bits per heavy atom. The smallest absolute Gasteiger partial charge is 0.230 e. The molecule has 0 saturated carbocycles. The molecule has 0 saturated heterocycles. The van der Waals surface area contributed by atoms with Crippen LogP contribution in [0.15, 0.2) is 16.1 Å². The number of nitrogens with zero attached hydrogens (tertiary/aromatic N) is 3. The van der Waals surface area contributed by atoms with E-state index in [0.29, 0.717) is 25.2 Å². The van der Waals surface area contributed by atoms with Crippen molar-refractivity contribution in [1.29, 1.82) is 0 Å². The van der Waals surface area contributed by atoms with Gasteiger partial charge in [0, 0.05) is 13.0 Å². The maximum absolute atomic E-state index is 11.8. The van der Waals surface area contributed by atoms with Gasteiger partial charge in [-0.15, -0.1) is 0 Å². The second-order valence-electron chi connectivity index (χ2n) is 3.75. The van der Waals surface area contributed by atoms with Gasteiger partial charge in [0.25, 0.3) is 0 Å². The van der Waals surface area contributed by atoms with E-state index in [4.69, 9.17) is 10.9 Å². The van der Waals surface area contributed by atoms with Gasteiger partial charge in [-0.05, 0) is 6.42 Å². The van der Waals surface area contributed by atoms with Crippen molar-refractivity contribution in [3.8, 4) is 0 Å². The summed E-state index contributed by atoms with van der Waals surface area (Å²) >= 11 is 0. The summed E-state index contributed by atoms with van der Waals surface area (Å²) in [6, 6.07) is 0. The third kappa shape index (κ3) is 4.04. The molecule has 1 atom stereocenters. The molecule has 18 heavy (non-hydrogen) atoms. The number of rotatable bonds is 7. The van der Waals surface area contributed by atoms with Crippen molar-refractivity contribution in [2.24, 2.45) is 16.8 Å². The molecule has 1 aromatic rings. The van der Waals surface area contributed by atoms with Crippen LogP contribution < -0.4 is 11.1 Å². The second kappa shape index (κ2) is 7.25. The fourth-order valence-corrected chi connectivity index (χ4v) is 1.49. The number of amides is 1. The molecule has 0 radical (unpaired) electrons. The zero-order valence-electron chi connectivity index (χ0n) is 10.2. The normalized spacial score (nSPS) is 13.3. The van der Waals surface area contributed by atoms with E-state index in [-0.39, 0.29) is 11.7 Å². The summed E-state index contributed by atoms with van der Waals surface area (Å²) in [5.74, 6) is -0.430. The van der Waals surface area contributed by atoms with Gasteiger partial charge in [-0.2, -0.15) is 4.98 Å². The van der Waals surface area contributed by atoms with Crippen LogP contribution in [-0.2, 0) is 11.2 Å². The van der Waals surface area contributed by atoms with Gasteiger partial charge in [0.05, 0.1) is 5.92 Å². The van der Waals surface area contributed by atoms with Crippen molar-refractivity contribution < 1.29 is 14.5 Å². The lowest BCUT2D eigenvalue weighted by atomic mass is 10.0. The number of nitrogens with two attached hydrogens (primary N) is 1. The van der Waals surface area contributed by atoms with Crippen molar-refractivity contribution in [3.05, 3.63) is 12.2 Å². The number of oxime groups is 1. The van der Waals surface area contributed by atoms with Crippen molar-refractivity contribution in [2.75, 3.05) is 6.54 Å². The molecule has 8 nitrogen and oxygen atoms in total. The third-order valence-electron chi connectivity index (χ3n) is 2.42. The van der Waals surface area contributed by atoms with E-state index in [9.17, 15) is 4.79 Å². The predicted octanol–water partition coefficient (Wildman–Crippen LogP) is -0.109. The summed E-state index contributed by atoms with van der Waals surface area (Å²) < 4.78 is 4.57. The quantitative estimate of drug-likeness (QED) is 0.270. The van der Waals surface area contributed by atoms with E-state index < -0.39 is 5.92 Å². The van der Waals surface area contributed by atoms with Gasteiger partial charge in [0.15, 0.2) is 11.7 Å². The minimum atomic E-state index is -0.606. The summed E-state index contributed by atoms with van der Waals surface area (Å²) in [6.07, 6.45) is 2.99. The molecular weight excluding hydrogens is 238 g/mol. The lowest BCUT2D eigenvalue weighted by Gasteiger charge is -2.13. The molecule has 1 aromatic heterocycles. The molecule has 100 valence electrons. The molecule has 0 aromatic carbocycles. The van der Waals surface area contributed by atoms with Crippen molar-refractivity contribution in [3.63, 3.8) is 0 Å². The van der Waals surface area contributed by atoms with Crippen molar-refractivity contribution in [1.82, 2.24) is 15.5 Å². The third-order valence-corrected chi connectivity index (χ3v) is 2.42. The van der Waals surface area contributed by atoms with E-state index in [1.165, 1.54) is 6.39 Å². The van der Waals surface area contributed by atoms with Crippen LogP contribution in [0.25, 0.3) is 0 Å². The number of carbonyl (C=O) groups excluding carboxylic acids is 1. The van der Waals surface area contributed by atoms with Crippen molar-refractivity contribution >= 4 is 11.7 Å². The van der Waals surface area contributed by atoms with Gasteiger partial charge >= 0.3 is 0 Å². The summed E-state index contributed by atoms with van der Waals surface area (Å²) in [7, 11) is 0. The van der Waals surface area contributed by atoms with E-state index in [1.807, 2.05) is 6.92 Å². The number of hydrogen-bond acceptors (Lipinski definition) is 6. The summed E-state index contributed by atoms with van der Waals surface area (Å²) in [5, 5.41) is 17.8. The number of aromatic nitrogens is 2. The minimum absolute atomic E-state index is 0.0751. The zero-order chi connectivity index (χ0) is 13.4. The molecule has 0 aliphatic carbocycles. The van der Waals surface area contributed by atoms with Crippen molar-refractivity contribution in [2.45, 2.75) is 26.2 Å². The molecule has 1 rings (SSSR count). The molecule has 0 fully saturated rings. The largest absolute Gasteiger partial charge is 0.409 e. The highest BCUT2D eigenvalue weighted by molar-refractivity contribution is 6.01. The number of nitrogens with one attached hydrogen (secondary N) is 1. The van der Waals surface area contributed by atoms with Crippen LogP contribution in [0, 0.1) is 5.92 Å². The van der Waals surface area contributed by atoms with E-state index in [1.54, 1.807) is 0 Å². The summed E-state index contributed by atoms with van der Waals surface area (Å²) in [4.78, 5) is 15.6.